The maximum absolute atomic E-state index is 8.90. The van der Waals surface area contributed by atoms with Crippen molar-refractivity contribution < 1.29 is 5.11 Å². The Morgan fingerprint density at radius 1 is 1.53 bits per heavy atom. The number of nitrogens with one attached hydrogen (secondary N) is 2. The van der Waals surface area contributed by atoms with Crippen LogP contribution in [-0.4, -0.2) is 28.2 Å². The van der Waals surface area contributed by atoms with Gasteiger partial charge in [-0.3, -0.25) is 0 Å². The number of hydrogen-bond donors (Lipinski definition) is 3. The summed E-state index contributed by atoms with van der Waals surface area (Å²) in [4.78, 5) is 7.19. The van der Waals surface area contributed by atoms with Crippen LogP contribution in [0, 0.1) is 5.92 Å². The topological polar surface area (TPSA) is 60.9 Å². The molecule has 0 aliphatic carbocycles. The molecule has 0 amide bonds. The molecular weight excluding hydrogens is 190 g/mol. The van der Waals surface area contributed by atoms with Gasteiger partial charge >= 0.3 is 0 Å². The third kappa shape index (κ3) is 4.95. The van der Waals surface area contributed by atoms with Crippen LogP contribution in [0.3, 0.4) is 0 Å². The standard InChI is InChI=1S/C11H21N3O/c1-2-3-10(4-7-15)8-12-9-11-13-5-6-14-11/h5-6,10,12,15H,2-4,7-9H2,1H3,(H,13,14). The summed E-state index contributed by atoms with van der Waals surface area (Å²) >= 11 is 0. The smallest absolute Gasteiger partial charge is 0.120 e. The molecule has 0 spiro atoms. The fourth-order valence-electron chi connectivity index (χ4n) is 1.73. The first-order valence-electron chi connectivity index (χ1n) is 5.66. The average molecular weight is 211 g/mol. The van der Waals surface area contributed by atoms with Gasteiger partial charge in [-0.2, -0.15) is 0 Å². The number of nitrogens with zero attached hydrogens (tertiary/aromatic N) is 1. The van der Waals surface area contributed by atoms with E-state index in [9.17, 15) is 0 Å². The van der Waals surface area contributed by atoms with Gasteiger partial charge in [-0.1, -0.05) is 13.3 Å². The van der Waals surface area contributed by atoms with Gasteiger partial charge in [-0.25, -0.2) is 4.98 Å². The van der Waals surface area contributed by atoms with Crippen molar-refractivity contribution in [1.29, 1.82) is 0 Å². The van der Waals surface area contributed by atoms with Crippen LogP contribution in [0.5, 0.6) is 0 Å². The lowest BCUT2D eigenvalue weighted by atomic mass is 10.0. The minimum Gasteiger partial charge on any atom is -0.396 e. The zero-order valence-corrected chi connectivity index (χ0v) is 9.37. The normalized spacial score (nSPS) is 12.9. The third-order valence-corrected chi connectivity index (χ3v) is 2.51. The fourth-order valence-corrected chi connectivity index (χ4v) is 1.73. The maximum atomic E-state index is 8.90. The number of hydrogen-bond acceptors (Lipinski definition) is 3. The van der Waals surface area contributed by atoms with Crippen LogP contribution in [0.4, 0.5) is 0 Å². The molecule has 1 aromatic heterocycles. The molecule has 1 atom stereocenters. The van der Waals surface area contributed by atoms with Gasteiger partial charge in [0.2, 0.25) is 0 Å². The van der Waals surface area contributed by atoms with E-state index in [4.69, 9.17) is 5.11 Å². The average Bonchev–Trinajstić information content (AvgIpc) is 2.71. The molecule has 0 radical (unpaired) electrons. The highest BCUT2D eigenvalue weighted by molar-refractivity contribution is 4.85. The van der Waals surface area contributed by atoms with Crippen LogP contribution in [-0.2, 0) is 6.54 Å². The van der Waals surface area contributed by atoms with E-state index in [1.807, 2.05) is 6.20 Å². The zero-order chi connectivity index (χ0) is 10.9. The summed E-state index contributed by atoms with van der Waals surface area (Å²) in [6.45, 7) is 4.19. The lowest BCUT2D eigenvalue weighted by Crippen LogP contribution is -2.23. The molecule has 4 nitrogen and oxygen atoms in total. The van der Waals surface area contributed by atoms with Gasteiger partial charge in [0.1, 0.15) is 5.82 Å². The minimum atomic E-state index is 0.285. The van der Waals surface area contributed by atoms with Crippen molar-refractivity contribution in [1.82, 2.24) is 15.3 Å². The predicted molar refractivity (Wildman–Crippen MR) is 60.4 cm³/mol. The summed E-state index contributed by atoms with van der Waals surface area (Å²) in [7, 11) is 0. The second-order valence-electron chi connectivity index (χ2n) is 3.83. The molecule has 0 saturated heterocycles. The fraction of sp³-hybridized carbons (Fsp3) is 0.727. The minimum absolute atomic E-state index is 0.285. The van der Waals surface area contributed by atoms with Gasteiger partial charge in [0.15, 0.2) is 0 Å². The summed E-state index contributed by atoms with van der Waals surface area (Å²) in [5.41, 5.74) is 0. The molecular formula is C11H21N3O. The molecule has 4 heteroatoms. The number of H-pyrrole nitrogens is 1. The first-order valence-corrected chi connectivity index (χ1v) is 5.66. The van der Waals surface area contributed by atoms with Crippen LogP contribution in [0.2, 0.25) is 0 Å². The van der Waals surface area contributed by atoms with Crippen LogP contribution < -0.4 is 5.32 Å². The Balaban J connectivity index is 2.15. The Bertz CT molecular complexity index is 230. The van der Waals surface area contributed by atoms with Crippen molar-refractivity contribution in [2.45, 2.75) is 32.7 Å². The second-order valence-corrected chi connectivity index (χ2v) is 3.83. The first-order chi connectivity index (χ1) is 7.36. The molecule has 15 heavy (non-hydrogen) atoms. The largest absolute Gasteiger partial charge is 0.396 e. The first kappa shape index (κ1) is 12.2. The highest BCUT2D eigenvalue weighted by Crippen LogP contribution is 2.09. The van der Waals surface area contributed by atoms with E-state index in [0.717, 1.165) is 25.3 Å². The third-order valence-electron chi connectivity index (χ3n) is 2.51. The van der Waals surface area contributed by atoms with E-state index in [2.05, 4.69) is 22.2 Å². The summed E-state index contributed by atoms with van der Waals surface area (Å²) in [5, 5.41) is 12.3. The lowest BCUT2D eigenvalue weighted by molar-refractivity contribution is 0.248. The molecule has 0 aromatic carbocycles. The molecule has 0 saturated carbocycles. The van der Waals surface area contributed by atoms with Gasteiger partial charge in [0, 0.05) is 19.0 Å². The molecule has 1 unspecified atom stereocenters. The van der Waals surface area contributed by atoms with E-state index in [-0.39, 0.29) is 6.61 Å². The molecule has 0 bridgehead atoms. The number of aliphatic hydroxyl groups is 1. The highest BCUT2D eigenvalue weighted by atomic mass is 16.3. The van der Waals surface area contributed by atoms with Gasteiger partial charge in [-0.15, -0.1) is 0 Å². The molecule has 0 aliphatic heterocycles. The van der Waals surface area contributed by atoms with Crippen LogP contribution in [0.15, 0.2) is 12.4 Å². The van der Waals surface area contributed by atoms with E-state index >= 15 is 0 Å². The zero-order valence-electron chi connectivity index (χ0n) is 9.37. The molecule has 1 rings (SSSR count). The van der Waals surface area contributed by atoms with E-state index in [1.54, 1.807) is 6.20 Å². The van der Waals surface area contributed by atoms with Crippen molar-refractivity contribution in [3.8, 4) is 0 Å². The van der Waals surface area contributed by atoms with Crippen molar-refractivity contribution in [3.63, 3.8) is 0 Å². The van der Waals surface area contributed by atoms with Gasteiger partial charge in [0.05, 0.1) is 6.54 Å². The van der Waals surface area contributed by atoms with Crippen LogP contribution in [0.25, 0.3) is 0 Å². The van der Waals surface area contributed by atoms with E-state index in [0.29, 0.717) is 5.92 Å². The van der Waals surface area contributed by atoms with Gasteiger partial charge < -0.3 is 15.4 Å². The number of aliphatic hydroxyl groups excluding tert-OH is 1. The molecule has 3 N–H and O–H groups in total. The van der Waals surface area contributed by atoms with Gasteiger partial charge in [-0.05, 0) is 25.3 Å². The number of aromatic amines is 1. The summed E-state index contributed by atoms with van der Waals surface area (Å²) in [5.74, 6) is 1.55. The Labute approximate surface area is 91.1 Å². The Kier molecular flexibility index (Phi) is 6.04. The van der Waals surface area contributed by atoms with Crippen LogP contribution >= 0.6 is 0 Å². The van der Waals surface area contributed by atoms with Crippen molar-refractivity contribution in [3.05, 3.63) is 18.2 Å². The Hall–Kier alpha value is -0.870. The van der Waals surface area contributed by atoms with E-state index < -0.39 is 0 Å². The number of imidazole rings is 1. The number of rotatable bonds is 8. The molecule has 0 fully saturated rings. The SMILES string of the molecule is CCCC(CCO)CNCc1ncc[nH]1. The van der Waals surface area contributed by atoms with Gasteiger partial charge in [0.25, 0.3) is 0 Å². The highest BCUT2D eigenvalue weighted by Gasteiger charge is 2.06. The molecule has 86 valence electrons. The van der Waals surface area contributed by atoms with Crippen molar-refractivity contribution in [2.75, 3.05) is 13.2 Å². The predicted octanol–water partition coefficient (Wildman–Crippen LogP) is 1.30. The van der Waals surface area contributed by atoms with Crippen molar-refractivity contribution >= 4 is 0 Å². The Morgan fingerprint density at radius 3 is 3.00 bits per heavy atom. The van der Waals surface area contributed by atoms with Crippen molar-refractivity contribution in [2.24, 2.45) is 5.92 Å². The number of aromatic nitrogens is 2. The lowest BCUT2D eigenvalue weighted by Gasteiger charge is -2.14. The summed E-state index contributed by atoms with van der Waals surface area (Å²) in [6.07, 6.45) is 6.82. The monoisotopic (exact) mass is 211 g/mol. The quantitative estimate of drug-likeness (QED) is 0.607. The Morgan fingerprint density at radius 2 is 2.40 bits per heavy atom. The summed E-state index contributed by atoms with van der Waals surface area (Å²) in [6, 6.07) is 0. The molecule has 1 aromatic rings. The second kappa shape index (κ2) is 7.43. The van der Waals surface area contributed by atoms with Crippen LogP contribution in [0.1, 0.15) is 32.0 Å². The maximum Gasteiger partial charge on any atom is 0.120 e. The molecule has 1 heterocycles. The summed E-state index contributed by atoms with van der Waals surface area (Å²) < 4.78 is 0. The van der Waals surface area contributed by atoms with E-state index in [1.165, 1.54) is 12.8 Å². The molecule has 0 aliphatic rings.